The van der Waals surface area contributed by atoms with Crippen molar-refractivity contribution in [1.82, 2.24) is 4.98 Å². The molecular formula is C37H48FNO7. The predicted molar refractivity (Wildman–Crippen MR) is 173 cm³/mol. The molecule has 0 aliphatic carbocycles. The van der Waals surface area contributed by atoms with Crippen LogP contribution < -0.4 is 0 Å². The van der Waals surface area contributed by atoms with E-state index in [0.717, 1.165) is 23.4 Å². The average molecular weight is 638 g/mol. The molecule has 2 saturated heterocycles. The Kier molecular flexibility index (Phi) is 9.98. The lowest BCUT2D eigenvalue weighted by atomic mass is 9.60. The van der Waals surface area contributed by atoms with Crippen LogP contribution in [0.1, 0.15) is 87.1 Å². The second kappa shape index (κ2) is 13.0. The van der Waals surface area contributed by atoms with Gasteiger partial charge in [-0.25, -0.2) is 9.18 Å². The van der Waals surface area contributed by atoms with Crippen molar-refractivity contribution in [2.24, 2.45) is 29.1 Å². The number of ketones is 2. The van der Waals surface area contributed by atoms with Gasteiger partial charge in [0.1, 0.15) is 11.9 Å². The molecule has 0 amide bonds. The van der Waals surface area contributed by atoms with E-state index in [0.29, 0.717) is 0 Å². The van der Waals surface area contributed by atoms with E-state index in [-0.39, 0.29) is 31.7 Å². The fourth-order valence-electron chi connectivity index (χ4n) is 7.42. The third-order valence-corrected chi connectivity index (χ3v) is 11.2. The van der Waals surface area contributed by atoms with Crippen LogP contribution >= 0.6 is 0 Å². The summed E-state index contributed by atoms with van der Waals surface area (Å²) in [5.41, 5.74) is -4.75. The fraction of sp³-hybridized carbons (Fsp3) is 0.595. The number of benzene rings is 1. The van der Waals surface area contributed by atoms with E-state index in [9.17, 15) is 19.2 Å². The molecule has 250 valence electrons. The standard InChI is InChI=1S/C37H48FNO7/c1-10-29-37(9)34(6,20-30(40)46-37)25(5)31(41)22(2)19-35(7,24(4)23(3)32(42)36(8,38)33(43)45-29)44-17-13-14-26-18-27-15-11-12-16-28(27)39-21-26/h11-16,18,21-25,29H,10,17,19-20H2,1-9H3/b14-13+/t22-,23-,24-,25+,29-,34+,35-,36+,37-/m1/s1. The first kappa shape index (κ1) is 35.4. The number of hydrogen-bond donors (Lipinski definition) is 0. The summed E-state index contributed by atoms with van der Waals surface area (Å²) in [6, 6.07) is 9.82. The number of carbonyl (C=O) groups is 4. The molecule has 1 aromatic carbocycles. The van der Waals surface area contributed by atoms with Crippen LogP contribution in [0.2, 0.25) is 0 Å². The molecule has 9 heteroatoms. The molecule has 9 atom stereocenters. The molecule has 0 bridgehead atoms. The van der Waals surface area contributed by atoms with Gasteiger partial charge in [-0.1, -0.05) is 71.9 Å². The van der Waals surface area contributed by atoms with Crippen LogP contribution in [0.25, 0.3) is 17.0 Å². The lowest BCUT2D eigenvalue weighted by Gasteiger charge is -2.47. The van der Waals surface area contributed by atoms with Gasteiger partial charge >= 0.3 is 11.9 Å². The number of Topliss-reactive ketones (excluding diaryl/α,β-unsaturated/α-hetero) is 2. The third kappa shape index (κ3) is 6.27. The first-order valence-corrected chi connectivity index (χ1v) is 16.3. The summed E-state index contributed by atoms with van der Waals surface area (Å²) in [6.45, 7) is 15.0. The van der Waals surface area contributed by atoms with Crippen LogP contribution in [0, 0.1) is 29.1 Å². The highest BCUT2D eigenvalue weighted by Crippen LogP contribution is 2.54. The van der Waals surface area contributed by atoms with E-state index in [1.165, 1.54) is 0 Å². The monoisotopic (exact) mass is 637 g/mol. The van der Waals surface area contributed by atoms with Crippen LogP contribution in [0.5, 0.6) is 0 Å². The van der Waals surface area contributed by atoms with Crippen LogP contribution in [-0.2, 0) is 33.4 Å². The van der Waals surface area contributed by atoms with E-state index >= 15 is 4.39 Å². The molecule has 3 heterocycles. The van der Waals surface area contributed by atoms with Gasteiger partial charge in [-0.15, -0.1) is 0 Å². The number of pyridine rings is 1. The molecule has 0 saturated carbocycles. The number of halogens is 1. The second-order valence-electron chi connectivity index (χ2n) is 14.1. The minimum Gasteiger partial charge on any atom is -0.455 e. The Morgan fingerprint density at radius 2 is 1.72 bits per heavy atom. The van der Waals surface area contributed by atoms with E-state index in [2.05, 4.69) is 4.98 Å². The smallest absolute Gasteiger partial charge is 0.351 e. The highest BCUT2D eigenvalue weighted by Gasteiger charge is 2.64. The summed E-state index contributed by atoms with van der Waals surface area (Å²) < 4.78 is 34.2. The summed E-state index contributed by atoms with van der Waals surface area (Å²) >= 11 is 0. The van der Waals surface area contributed by atoms with Crippen molar-refractivity contribution < 1.29 is 37.8 Å². The first-order valence-electron chi connectivity index (χ1n) is 16.3. The highest BCUT2D eigenvalue weighted by molar-refractivity contribution is 6.07. The third-order valence-electron chi connectivity index (χ3n) is 11.2. The largest absolute Gasteiger partial charge is 0.455 e. The number of ether oxygens (including phenoxy) is 3. The van der Waals surface area contributed by atoms with Gasteiger partial charge in [-0.2, -0.15) is 0 Å². The SMILES string of the molecule is CC[C@H]1OC(=O)[C@@](C)(F)C(=O)[C@H](C)[C@@H](C)[C@](C)(OC/C=C/c2cnc3ccccc3c2)C[C@@H](C)C(=O)[C@H](C)[C@]2(C)CC(=O)O[C@]12C. The molecule has 46 heavy (non-hydrogen) atoms. The average Bonchev–Trinajstić information content (AvgIpc) is 3.27. The molecule has 0 unspecified atom stereocenters. The van der Waals surface area contributed by atoms with Gasteiger partial charge in [0.05, 0.1) is 24.1 Å². The lowest BCUT2D eigenvalue weighted by Crippen LogP contribution is -2.58. The van der Waals surface area contributed by atoms with Gasteiger partial charge < -0.3 is 14.2 Å². The minimum absolute atomic E-state index is 0.0708. The summed E-state index contributed by atoms with van der Waals surface area (Å²) in [5.74, 6) is -5.68. The fourth-order valence-corrected chi connectivity index (χ4v) is 7.42. The van der Waals surface area contributed by atoms with Crippen LogP contribution in [0.15, 0.2) is 42.6 Å². The molecule has 2 fully saturated rings. The van der Waals surface area contributed by atoms with Crippen molar-refractivity contribution in [3.05, 3.63) is 48.2 Å². The van der Waals surface area contributed by atoms with Crippen molar-refractivity contribution in [2.45, 2.75) is 105 Å². The lowest BCUT2D eigenvalue weighted by molar-refractivity contribution is -0.198. The van der Waals surface area contributed by atoms with Gasteiger partial charge in [0.25, 0.3) is 5.67 Å². The first-order chi connectivity index (χ1) is 21.4. The van der Waals surface area contributed by atoms with Gasteiger partial charge in [0.15, 0.2) is 11.4 Å². The van der Waals surface area contributed by atoms with Crippen LogP contribution in [-0.4, -0.2) is 58.1 Å². The van der Waals surface area contributed by atoms with Crippen LogP contribution in [0.4, 0.5) is 4.39 Å². The van der Waals surface area contributed by atoms with E-state index < -0.39 is 69.8 Å². The molecule has 4 rings (SSSR count). The molecular weight excluding hydrogens is 589 g/mol. The van der Waals surface area contributed by atoms with Gasteiger partial charge in [0.2, 0.25) is 0 Å². The number of carbonyl (C=O) groups excluding carboxylic acids is 4. The summed E-state index contributed by atoms with van der Waals surface area (Å²) in [5, 5.41) is 1.00. The van der Waals surface area contributed by atoms with Crippen LogP contribution in [0.3, 0.4) is 0 Å². The van der Waals surface area contributed by atoms with E-state index in [4.69, 9.17) is 14.2 Å². The number of alkyl halides is 1. The Morgan fingerprint density at radius 1 is 1.04 bits per heavy atom. The summed E-state index contributed by atoms with van der Waals surface area (Å²) in [6.07, 6.45) is 4.77. The number of cyclic esters (lactones) is 1. The Balaban J connectivity index is 1.70. The maximum absolute atomic E-state index is 16.2. The zero-order chi connectivity index (χ0) is 34.2. The summed E-state index contributed by atoms with van der Waals surface area (Å²) in [4.78, 5) is 58.5. The number of aromatic nitrogens is 1. The number of nitrogens with zero attached hydrogens (tertiary/aromatic N) is 1. The Hall–Kier alpha value is -3.46. The van der Waals surface area contributed by atoms with Gasteiger partial charge in [0, 0.05) is 34.8 Å². The molecule has 0 N–H and O–H groups in total. The maximum Gasteiger partial charge on any atom is 0.351 e. The molecule has 2 aliphatic rings. The normalized spacial score (nSPS) is 38.0. The molecule has 0 spiro atoms. The number of fused-ring (bicyclic) bond motifs is 2. The number of hydrogen-bond acceptors (Lipinski definition) is 8. The number of esters is 2. The predicted octanol–water partition coefficient (Wildman–Crippen LogP) is 6.87. The second-order valence-corrected chi connectivity index (χ2v) is 14.1. The van der Waals surface area contributed by atoms with E-state index in [1.54, 1.807) is 47.7 Å². The van der Waals surface area contributed by atoms with Gasteiger partial charge in [-0.3, -0.25) is 19.4 Å². The van der Waals surface area contributed by atoms with E-state index in [1.807, 2.05) is 56.3 Å². The van der Waals surface area contributed by atoms with Gasteiger partial charge in [-0.05, 0) is 57.2 Å². The molecule has 2 aromatic rings. The van der Waals surface area contributed by atoms with Crippen molar-refractivity contribution in [3.63, 3.8) is 0 Å². The zero-order valence-corrected chi connectivity index (χ0v) is 28.5. The molecule has 1 aromatic heterocycles. The summed E-state index contributed by atoms with van der Waals surface area (Å²) in [7, 11) is 0. The van der Waals surface area contributed by atoms with Crippen molar-refractivity contribution >= 4 is 40.5 Å². The molecule has 0 radical (unpaired) electrons. The number of rotatable bonds is 5. The van der Waals surface area contributed by atoms with Crippen molar-refractivity contribution in [3.8, 4) is 0 Å². The Bertz CT molecular complexity index is 1540. The number of para-hydroxylation sites is 1. The molecule has 2 aliphatic heterocycles. The zero-order valence-electron chi connectivity index (χ0n) is 28.5. The minimum atomic E-state index is -2.96. The van der Waals surface area contributed by atoms with Crippen molar-refractivity contribution in [2.75, 3.05) is 6.61 Å². The maximum atomic E-state index is 16.2. The van der Waals surface area contributed by atoms with Crippen molar-refractivity contribution in [1.29, 1.82) is 0 Å². The quantitative estimate of drug-likeness (QED) is 0.258. The highest BCUT2D eigenvalue weighted by atomic mass is 19.1. The molecule has 8 nitrogen and oxygen atoms in total. The Morgan fingerprint density at radius 3 is 2.39 bits per heavy atom. The topological polar surface area (TPSA) is 109 Å². The Labute approximate surface area is 271 Å².